The summed E-state index contributed by atoms with van der Waals surface area (Å²) in [4.78, 5) is 8.87. The Morgan fingerprint density at radius 3 is 2.43 bits per heavy atom. The zero-order valence-electron chi connectivity index (χ0n) is 13.2. The van der Waals surface area contributed by atoms with Gasteiger partial charge in [-0.3, -0.25) is 0 Å². The van der Waals surface area contributed by atoms with E-state index in [1.165, 1.54) is 0 Å². The Morgan fingerprint density at radius 1 is 1.05 bits per heavy atom. The number of nitrogens with zero attached hydrogens (tertiary/aromatic N) is 2. The van der Waals surface area contributed by atoms with Crippen molar-refractivity contribution in [1.82, 2.24) is 9.97 Å². The van der Waals surface area contributed by atoms with Crippen molar-refractivity contribution in [2.75, 3.05) is 36.9 Å². The molecule has 1 aromatic rings. The van der Waals surface area contributed by atoms with E-state index >= 15 is 0 Å². The van der Waals surface area contributed by atoms with Gasteiger partial charge in [0.1, 0.15) is 18.2 Å². The average Bonchev–Trinajstić information content (AvgIpc) is 2.49. The van der Waals surface area contributed by atoms with Gasteiger partial charge in [-0.2, -0.15) is 0 Å². The molecule has 0 amide bonds. The van der Waals surface area contributed by atoms with E-state index in [9.17, 15) is 0 Å². The lowest BCUT2D eigenvalue weighted by Crippen LogP contribution is -2.10. The van der Waals surface area contributed by atoms with Crippen LogP contribution in [0, 0.1) is 0 Å². The minimum absolute atomic E-state index is 0.284. The number of unbranched alkanes of at least 4 members (excludes halogenated alkanes) is 3. The van der Waals surface area contributed by atoms with Crippen molar-refractivity contribution in [3.8, 4) is 0 Å². The van der Waals surface area contributed by atoms with Gasteiger partial charge in [0.2, 0.25) is 0 Å². The van der Waals surface area contributed by atoms with Crippen molar-refractivity contribution in [2.45, 2.75) is 46.1 Å². The fourth-order valence-electron chi connectivity index (χ4n) is 1.92. The molecule has 0 atom stereocenters. The number of aliphatic hydroxyl groups is 1. The van der Waals surface area contributed by atoms with Gasteiger partial charge in [0.15, 0.2) is 5.82 Å². The first kappa shape index (κ1) is 17.7. The van der Waals surface area contributed by atoms with Crippen LogP contribution in [0.2, 0.25) is 0 Å². The quantitative estimate of drug-likeness (QED) is 0.514. The lowest BCUT2D eigenvalue weighted by molar-refractivity contribution is 0.128. The van der Waals surface area contributed by atoms with Crippen LogP contribution in [0.25, 0.3) is 0 Å². The Bertz CT molecular complexity index is 388. The minimum atomic E-state index is 0.284. The van der Waals surface area contributed by atoms with Gasteiger partial charge in [0.05, 0.1) is 0 Å². The topological polar surface area (TPSA) is 79.3 Å². The maximum absolute atomic E-state index is 8.73. The summed E-state index contributed by atoms with van der Waals surface area (Å²) in [5.74, 6) is 2.35. The molecule has 0 spiro atoms. The van der Waals surface area contributed by atoms with E-state index in [1.807, 2.05) is 19.9 Å². The summed E-state index contributed by atoms with van der Waals surface area (Å²) in [5.41, 5.74) is 0. The Kier molecular flexibility index (Phi) is 9.48. The lowest BCUT2D eigenvalue weighted by atomic mass is 10.2. The molecule has 0 saturated carbocycles. The van der Waals surface area contributed by atoms with Crippen molar-refractivity contribution in [1.29, 1.82) is 0 Å². The van der Waals surface area contributed by atoms with Gasteiger partial charge in [-0.25, -0.2) is 9.97 Å². The van der Waals surface area contributed by atoms with E-state index in [1.54, 1.807) is 0 Å². The first-order valence-corrected chi connectivity index (χ1v) is 7.84. The molecular weight excluding hydrogens is 268 g/mol. The van der Waals surface area contributed by atoms with Gasteiger partial charge in [-0.1, -0.05) is 12.8 Å². The van der Waals surface area contributed by atoms with Gasteiger partial charge in [-0.05, 0) is 26.7 Å². The normalized spacial score (nSPS) is 10.6. The first-order chi connectivity index (χ1) is 10.3. The molecule has 0 fully saturated rings. The van der Waals surface area contributed by atoms with E-state index < -0.39 is 0 Å². The van der Waals surface area contributed by atoms with Crippen molar-refractivity contribution in [3.63, 3.8) is 0 Å². The van der Waals surface area contributed by atoms with Crippen LogP contribution in [0.15, 0.2) is 6.07 Å². The smallest absolute Gasteiger partial charge is 0.158 e. The number of anilines is 2. The van der Waals surface area contributed by atoms with Gasteiger partial charge >= 0.3 is 0 Å². The third-order valence-corrected chi connectivity index (χ3v) is 2.96. The molecule has 0 aromatic carbocycles. The number of hydrogen-bond donors (Lipinski definition) is 3. The second-order valence-electron chi connectivity index (χ2n) is 4.79. The van der Waals surface area contributed by atoms with E-state index in [2.05, 4.69) is 20.6 Å². The molecule has 1 rings (SSSR count). The van der Waals surface area contributed by atoms with Crippen LogP contribution in [0.5, 0.6) is 0 Å². The number of ether oxygens (including phenoxy) is 1. The highest BCUT2D eigenvalue weighted by atomic mass is 16.5. The minimum Gasteiger partial charge on any atom is -0.396 e. The summed E-state index contributed by atoms with van der Waals surface area (Å²) < 4.78 is 5.37. The maximum Gasteiger partial charge on any atom is 0.158 e. The zero-order chi connectivity index (χ0) is 15.3. The van der Waals surface area contributed by atoms with Crippen molar-refractivity contribution in [2.24, 2.45) is 0 Å². The number of rotatable bonds is 12. The average molecular weight is 296 g/mol. The maximum atomic E-state index is 8.73. The monoisotopic (exact) mass is 296 g/mol. The van der Waals surface area contributed by atoms with Crippen LogP contribution in [0.1, 0.15) is 45.4 Å². The molecule has 0 aliphatic rings. The van der Waals surface area contributed by atoms with Crippen LogP contribution in [-0.2, 0) is 11.3 Å². The highest BCUT2D eigenvalue weighted by Crippen LogP contribution is 2.12. The molecule has 21 heavy (non-hydrogen) atoms. The van der Waals surface area contributed by atoms with E-state index in [0.717, 1.165) is 50.4 Å². The third kappa shape index (κ3) is 7.82. The lowest BCUT2D eigenvalue weighted by Gasteiger charge is -2.10. The standard InChI is InChI=1S/C15H28N4O2/c1-3-16-13-11-14(17-9-7-5-6-8-10-20)19-15(18-13)12-21-4-2/h11,20H,3-10,12H2,1-2H3,(H2,16,17,18,19). The van der Waals surface area contributed by atoms with Gasteiger partial charge in [0.25, 0.3) is 0 Å². The van der Waals surface area contributed by atoms with Crippen LogP contribution in [-0.4, -0.2) is 41.4 Å². The predicted molar refractivity (Wildman–Crippen MR) is 85.6 cm³/mol. The summed E-state index contributed by atoms with van der Waals surface area (Å²) in [5, 5.41) is 15.3. The molecule has 0 saturated heterocycles. The Morgan fingerprint density at radius 2 is 1.76 bits per heavy atom. The number of nitrogens with one attached hydrogen (secondary N) is 2. The molecule has 1 aromatic heterocycles. The predicted octanol–water partition coefficient (Wildman–Crippen LogP) is 2.41. The molecule has 3 N–H and O–H groups in total. The van der Waals surface area contributed by atoms with Crippen molar-refractivity contribution < 1.29 is 9.84 Å². The van der Waals surface area contributed by atoms with E-state index in [4.69, 9.17) is 9.84 Å². The van der Waals surface area contributed by atoms with Crippen molar-refractivity contribution in [3.05, 3.63) is 11.9 Å². The van der Waals surface area contributed by atoms with Crippen LogP contribution in [0.4, 0.5) is 11.6 Å². The number of aromatic nitrogens is 2. The van der Waals surface area contributed by atoms with E-state index in [0.29, 0.717) is 19.0 Å². The van der Waals surface area contributed by atoms with Crippen LogP contribution >= 0.6 is 0 Å². The third-order valence-electron chi connectivity index (χ3n) is 2.96. The van der Waals surface area contributed by atoms with Crippen LogP contribution in [0.3, 0.4) is 0 Å². The van der Waals surface area contributed by atoms with Crippen molar-refractivity contribution >= 4 is 11.6 Å². The highest BCUT2D eigenvalue weighted by molar-refractivity contribution is 5.47. The van der Waals surface area contributed by atoms with Gasteiger partial charge < -0.3 is 20.5 Å². The summed E-state index contributed by atoms with van der Waals surface area (Å²) in [6, 6.07) is 1.92. The number of aliphatic hydroxyl groups excluding tert-OH is 1. The molecule has 6 heteroatoms. The summed E-state index contributed by atoms with van der Waals surface area (Å²) in [6.45, 7) is 7.07. The fourth-order valence-corrected chi connectivity index (χ4v) is 1.92. The molecule has 0 aliphatic heterocycles. The highest BCUT2D eigenvalue weighted by Gasteiger charge is 2.04. The summed E-state index contributed by atoms with van der Waals surface area (Å²) >= 11 is 0. The second-order valence-corrected chi connectivity index (χ2v) is 4.79. The Hall–Kier alpha value is -1.40. The first-order valence-electron chi connectivity index (χ1n) is 7.84. The Balaban J connectivity index is 2.48. The second kappa shape index (κ2) is 11.3. The SMILES string of the molecule is CCNc1cc(NCCCCCCO)nc(COCC)n1. The molecule has 0 radical (unpaired) electrons. The van der Waals surface area contributed by atoms with Gasteiger partial charge in [-0.15, -0.1) is 0 Å². The molecule has 6 nitrogen and oxygen atoms in total. The molecule has 0 unspecified atom stereocenters. The fraction of sp³-hybridized carbons (Fsp3) is 0.733. The molecule has 1 heterocycles. The largest absolute Gasteiger partial charge is 0.396 e. The number of hydrogen-bond acceptors (Lipinski definition) is 6. The van der Waals surface area contributed by atoms with E-state index in [-0.39, 0.29) is 6.61 Å². The molecule has 0 bridgehead atoms. The van der Waals surface area contributed by atoms with Gasteiger partial charge in [0, 0.05) is 32.4 Å². The summed E-state index contributed by atoms with van der Waals surface area (Å²) in [7, 11) is 0. The molecule has 120 valence electrons. The zero-order valence-corrected chi connectivity index (χ0v) is 13.2. The summed E-state index contributed by atoms with van der Waals surface area (Å²) in [6.07, 6.45) is 4.14. The molecule has 0 aliphatic carbocycles. The molecular formula is C15H28N4O2. The van der Waals surface area contributed by atoms with Crippen LogP contribution < -0.4 is 10.6 Å². The Labute approximate surface area is 127 Å².